The molecule has 24 aromatic rings. The van der Waals surface area contributed by atoms with Crippen LogP contribution in [0, 0.1) is 0 Å². The Labute approximate surface area is 778 Å². The molecule has 0 aliphatic carbocycles. The molecule has 0 N–H and O–H groups in total. The van der Waals surface area contributed by atoms with E-state index in [0.717, 1.165) is 156 Å². The average Bonchev–Trinajstić information content (AvgIpc) is 1.74. The molecule has 0 bridgehead atoms. The van der Waals surface area contributed by atoms with Gasteiger partial charge >= 0.3 is 0 Å². The third-order valence-corrected chi connectivity index (χ3v) is 23.4. The highest BCUT2D eigenvalue weighted by Gasteiger charge is 2.24. The van der Waals surface area contributed by atoms with Gasteiger partial charge in [-0.05, 0) is 111 Å². The van der Waals surface area contributed by atoms with Crippen LogP contribution in [0.15, 0.2) is 486 Å². The van der Waals surface area contributed by atoms with Crippen molar-refractivity contribution in [3.05, 3.63) is 473 Å². The molecule has 0 atom stereocenters. The van der Waals surface area contributed by atoms with Crippen LogP contribution in [0.25, 0.3) is 237 Å². The monoisotopic (exact) mass is 1730 g/mol. The molecule has 0 saturated carbocycles. The maximum absolute atomic E-state index is 6.28. The largest absolute Gasteiger partial charge is 0.436 e. The summed E-state index contributed by atoms with van der Waals surface area (Å²) in [6.45, 7) is 0. The van der Waals surface area contributed by atoms with Gasteiger partial charge in [-0.1, -0.05) is 413 Å². The van der Waals surface area contributed by atoms with E-state index in [1.54, 1.807) is 0 Å². The van der Waals surface area contributed by atoms with Crippen molar-refractivity contribution in [1.82, 2.24) is 59.8 Å². The van der Waals surface area contributed by atoms with Crippen molar-refractivity contribution in [2.45, 2.75) is 0 Å². The van der Waals surface area contributed by atoms with Crippen molar-refractivity contribution in [2.75, 3.05) is 0 Å². The molecule has 0 aliphatic rings. The van der Waals surface area contributed by atoms with Crippen LogP contribution in [-0.2, 0) is 0 Å². The van der Waals surface area contributed by atoms with Crippen LogP contribution >= 0.6 is 0 Å². The minimum Gasteiger partial charge on any atom is -0.436 e. The summed E-state index contributed by atoms with van der Waals surface area (Å²) >= 11 is 0. The molecule has 636 valence electrons. The number of hydrogen-bond donors (Lipinski definition) is 0. The van der Waals surface area contributed by atoms with Crippen LogP contribution in [0.3, 0.4) is 0 Å². The molecule has 24 rings (SSSR count). The van der Waals surface area contributed by atoms with Crippen molar-refractivity contribution in [3.8, 4) is 204 Å². The minimum atomic E-state index is 0.586. The fraction of sp³-hybridized carbons (Fsp3) is 0. The van der Waals surface area contributed by atoms with E-state index in [4.69, 9.17) is 73.1 Å². The van der Waals surface area contributed by atoms with Gasteiger partial charge in [0.1, 0.15) is 16.6 Å². The van der Waals surface area contributed by atoms with Crippen LogP contribution in [-0.4, -0.2) is 59.8 Å². The van der Waals surface area contributed by atoms with Crippen LogP contribution < -0.4 is 0 Å². The molecule has 0 saturated heterocycles. The Morgan fingerprint density at radius 2 is 0.363 bits per heavy atom. The first kappa shape index (κ1) is 82.1. The smallest absolute Gasteiger partial charge is 0.227 e. The molecule has 6 aromatic heterocycles. The lowest BCUT2D eigenvalue weighted by Gasteiger charge is -2.12. The molecule has 6 heterocycles. The topological polar surface area (TPSA) is 194 Å². The maximum Gasteiger partial charge on any atom is 0.227 e. The first-order chi connectivity index (χ1) is 66.9. The highest BCUT2D eigenvalue weighted by atomic mass is 16.4. The van der Waals surface area contributed by atoms with Gasteiger partial charge in [0.15, 0.2) is 69.2 Å². The lowest BCUT2D eigenvalue weighted by Crippen LogP contribution is -2.01. The standard InChI is InChI=1S/3C40H26N4O/c1-4-12-27(13-5-1)28-22-24-30(25-23-28)38-42-37(29-14-6-2-7-15-29)43-39(44-38)33-19-10-18-32(26-33)34-20-11-21-35-36(34)41-40(45-35)31-16-8-3-9-17-31;1-4-13-27(14-5-1)28-23-25-30(26-24-28)38-42-37(29-15-6-2-7-16-29)43-39(44-38)34-20-11-10-19-32(34)33-21-12-22-35-36(33)41-40(45-35)31-17-8-3-9-18-31;1-4-11-27(12-5-1)28-19-23-31(24-20-28)38-42-37(30-13-6-2-7-14-30)43-39(44-38)32-25-21-29(22-26-32)34-17-10-18-35-36(34)45-40(41-35)33-15-8-3-9-16-33/h3*1-26H. The lowest BCUT2D eigenvalue weighted by atomic mass is 9.98. The molecule has 0 unspecified atom stereocenters. The number of nitrogens with zero attached hydrogens (tertiary/aromatic N) is 12. The second-order valence-electron chi connectivity index (χ2n) is 32.2. The minimum absolute atomic E-state index is 0.586. The molecule has 0 aliphatic heterocycles. The van der Waals surface area contributed by atoms with Gasteiger partial charge in [0, 0.05) is 83.5 Å². The number of hydrogen-bond acceptors (Lipinski definition) is 15. The number of aromatic nitrogens is 12. The first-order valence-electron chi connectivity index (χ1n) is 44.5. The molecule has 135 heavy (non-hydrogen) atoms. The highest BCUT2D eigenvalue weighted by molar-refractivity contribution is 5.98. The predicted octanol–water partition coefficient (Wildman–Crippen LogP) is 30.0. The zero-order valence-electron chi connectivity index (χ0n) is 72.6. The summed E-state index contributed by atoms with van der Waals surface area (Å²) in [5.41, 5.74) is 28.5. The summed E-state index contributed by atoms with van der Waals surface area (Å²) in [6, 6.07) is 159. The van der Waals surface area contributed by atoms with Gasteiger partial charge in [-0.15, -0.1) is 0 Å². The van der Waals surface area contributed by atoms with E-state index in [9.17, 15) is 0 Å². The third kappa shape index (κ3) is 17.8. The highest BCUT2D eigenvalue weighted by Crippen LogP contribution is 2.42. The lowest BCUT2D eigenvalue weighted by molar-refractivity contribution is 0.619. The maximum atomic E-state index is 6.28. The van der Waals surface area contributed by atoms with E-state index in [1.165, 1.54) is 11.1 Å². The summed E-state index contributed by atoms with van der Waals surface area (Å²) in [4.78, 5) is 59.2. The second kappa shape index (κ2) is 37.6. The number of para-hydroxylation sites is 3. The third-order valence-electron chi connectivity index (χ3n) is 23.4. The fourth-order valence-electron chi connectivity index (χ4n) is 16.5. The quantitative estimate of drug-likeness (QED) is 0.0786. The van der Waals surface area contributed by atoms with E-state index < -0.39 is 0 Å². The van der Waals surface area contributed by atoms with Crippen molar-refractivity contribution in [2.24, 2.45) is 0 Å². The zero-order chi connectivity index (χ0) is 90.0. The zero-order valence-corrected chi connectivity index (χ0v) is 72.6. The molecular formula is C120H78N12O3. The Hall–Kier alpha value is -18.6. The van der Waals surface area contributed by atoms with E-state index in [0.29, 0.717) is 70.1 Å². The van der Waals surface area contributed by atoms with E-state index in [2.05, 4.69) is 176 Å². The van der Waals surface area contributed by atoms with Gasteiger partial charge in [0.2, 0.25) is 17.7 Å². The number of oxazole rings is 3. The number of benzene rings is 18. The summed E-state index contributed by atoms with van der Waals surface area (Å²) in [7, 11) is 0. The average molecular weight is 1740 g/mol. The van der Waals surface area contributed by atoms with Gasteiger partial charge < -0.3 is 13.3 Å². The molecule has 0 spiro atoms. The van der Waals surface area contributed by atoms with Crippen LogP contribution in [0.4, 0.5) is 0 Å². The summed E-state index contributed by atoms with van der Waals surface area (Å²) in [5, 5.41) is 0. The second-order valence-corrected chi connectivity index (χ2v) is 32.2. The Kier molecular flexibility index (Phi) is 22.9. The molecule has 0 radical (unpaired) electrons. The van der Waals surface area contributed by atoms with Crippen molar-refractivity contribution >= 4 is 33.3 Å². The van der Waals surface area contributed by atoms with Gasteiger partial charge in [0.05, 0.1) is 0 Å². The van der Waals surface area contributed by atoms with Crippen LogP contribution in [0.5, 0.6) is 0 Å². The van der Waals surface area contributed by atoms with Crippen molar-refractivity contribution in [1.29, 1.82) is 0 Å². The Morgan fingerprint density at radius 1 is 0.126 bits per heavy atom. The predicted molar refractivity (Wildman–Crippen MR) is 540 cm³/mol. The Bertz CT molecular complexity index is 8270. The van der Waals surface area contributed by atoms with Gasteiger partial charge in [0.25, 0.3) is 0 Å². The Morgan fingerprint density at radius 3 is 0.741 bits per heavy atom. The van der Waals surface area contributed by atoms with Crippen LogP contribution in [0.1, 0.15) is 0 Å². The summed E-state index contributed by atoms with van der Waals surface area (Å²) in [5.74, 6) is 7.33. The van der Waals surface area contributed by atoms with Gasteiger partial charge in [-0.25, -0.2) is 59.8 Å². The summed E-state index contributed by atoms with van der Waals surface area (Å²) < 4.78 is 18.6. The molecule has 15 nitrogen and oxygen atoms in total. The normalized spacial score (nSPS) is 11.1. The summed E-state index contributed by atoms with van der Waals surface area (Å²) in [6.07, 6.45) is 0. The van der Waals surface area contributed by atoms with E-state index >= 15 is 0 Å². The number of fused-ring (bicyclic) bond motifs is 3. The molecule has 18 aromatic carbocycles. The van der Waals surface area contributed by atoms with Crippen molar-refractivity contribution in [3.63, 3.8) is 0 Å². The molecule has 15 heteroatoms. The fourth-order valence-corrected chi connectivity index (χ4v) is 16.5. The van der Waals surface area contributed by atoms with E-state index in [1.807, 2.05) is 297 Å². The number of rotatable bonds is 18. The SMILES string of the molecule is c1ccc(-c2ccc(-c3nc(-c4ccccc4)nc(-c4ccc(-c5cccc6nc(-c7ccccc7)oc56)cc4)n3)cc2)cc1.c1ccc(-c2ccc(-c3nc(-c4ccccc4)nc(-c4cccc(-c5cccc6oc(-c7ccccc7)nc56)c4)n3)cc2)cc1.c1ccc(-c2ccc(-c3nc(-c4ccccc4)nc(-c4ccccc4-c4cccc5oc(-c6ccccc6)nc45)n3)cc2)cc1. The molecular weight excluding hydrogens is 1660 g/mol. The molecule has 0 amide bonds. The Balaban J connectivity index is 0.000000118. The van der Waals surface area contributed by atoms with Crippen LogP contribution in [0.2, 0.25) is 0 Å². The van der Waals surface area contributed by atoms with E-state index in [-0.39, 0.29) is 0 Å². The van der Waals surface area contributed by atoms with Gasteiger partial charge in [-0.2, -0.15) is 0 Å². The van der Waals surface area contributed by atoms with Gasteiger partial charge in [-0.3, -0.25) is 0 Å². The molecule has 0 fully saturated rings. The first-order valence-corrected chi connectivity index (χ1v) is 44.5. The van der Waals surface area contributed by atoms with Crippen molar-refractivity contribution < 1.29 is 13.3 Å².